The highest BCUT2D eigenvalue weighted by molar-refractivity contribution is 7.13. The second-order valence-corrected chi connectivity index (χ2v) is 30.9. The number of thiazole rings is 3. The van der Waals surface area contributed by atoms with Gasteiger partial charge in [0, 0.05) is 102 Å². The van der Waals surface area contributed by atoms with E-state index in [0.717, 1.165) is 58.1 Å². The van der Waals surface area contributed by atoms with Crippen LogP contribution >= 0.6 is 45.6 Å². The fourth-order valence-corrected chi connectivity index (χ4v) is 12.9. The molecule has 6 fully saturated rings. The molecule has 106 heavy (non-hydrogen) atoms. The van der Waals surface area contributed by atoms with Crippen molar-refractivity contribution < 1.29 is 108 Å². The lowest BCUT2D eigenvalue weighted by molar-refractivity contribution is -0.193. The summed E-state index contributed by atoms with van der Waals surface area (Å²) in [4.78, 5) is 71.9. The van der Waals surface area contributed by atoms with E-state index in [4.69, 9.17) is 25.8 Å². The number of rotatable bonds is 15. The van der Waals surface area contributed by atoms with Crippen molar-refractivity contribution >= 4 is 80.1 Å². The Kier molecular flexibility index (Phi) is 25.3. The number of ether oxygens (including phenoxy) is 3. The average Bonchev–Trinajstić information content (AvgIpc) is 1.04. The largest absolute Gasteiger partial charge is 0.474 e. The molecule has 0 unspecified atom stereocenters. The lowest BCUT2D eigenvalue weighted by atomic mass is 9.92. The second kappa shape index (κ2) is 32.4. The predicted molar refractivity (Wildman–Crippen MR) is 353 cm³/mol. The van der Waals surface area contributed by atoms with Crippen molar-refractivity contribution in [1.29, 1.82) is 0 Å². The van der Waals surface area contributed by atoms with Crippen LogP contribution in [0.5, 0.6) is 17.6 Å². The number of nitrogens with one attached hydrogen (secondary N) is 3. The van der Waals surface area contributed by atoms with E-state index >= 15 is 0 Å². The number of halogens is 19. The topological polar surface area (TPSA) is 237 Å². The van der Waals surface area contributed by atoms with Crippen LogP contribution in [-0.2, 0) is 32.9 Å². The summed E-state index contributed by atoms with van der Waals surface area (Å²) in [5, 5.41) is 11.2. The predicted octanol–water partition coefficient (Wildman–Crippen LogP) is 17.3. The maximum Gasteiger partial charge on any atom is 0.471 e. The molecule has 2 amide bonds. The highest BCUT2D eigenvalue weighted by atomic mass is 35.5. The zero-order valence-corrected chi connectivity index (χ0v) is 60.3. The monoisotopic (exact) mass is 1600 g/mol. The first-order valence-corrected chi connectivity index (χ1v) is 36.1. The molecule has 4 saturated carbocycles. The molecule has 0 radical (unpaired) electrons. The summed E-state index contributed by atoms with van der Waals surface area (Å²) >= 11 is 7.28. The third-order valence-corrected chi connectivity index (χ3v) is 20.0. The maximum atomic E-state index is 13.5. The molecule has 42 heteroatoms. The van der Waals surface area contributed by atoms with Crippen LogP contribution in [0.3, 0.4) is 0 Å². The Labute approximate surface area is 611 Å². The molecule has 4 aliphatic carbocycles. The van der Waals surface area contributed by atoms with Gasteiger partial charge in [0.05, 0.1) is 26.2 Å². The van der Waals surface area contributed by atoms with Gasteiger partial charge in [-0.2, -0.15) is 67.6 Å². The van der Waals surface area contributed by atoms with E-state index in [9.17, 15) is 93.4 Å². The molecule has 0 atom stereocenters. The van der Waals surface area contributed by atoms with Gasteiger partial charge < -0.3 is 40.0 Å². The number of hydrogen-bond acceptors (Lipinski definition) is 21. The van der Waals surface area contributed by atoms with Crippen molar-refractivity contribution in [3.63, 3.8) is 0 Å². The van der Waals surface area contributed by atoms with Crippen LogP contribution in [0.2, 0.25) is 0 Å². The summed E-state index contributed by atoms with van der Waals surface area (Å²) in [6.07, 6.45) is -17.6. The normalized spacial score (nSPS) is 19.1. The standard InChI is InChI=1S/C22H26F5N5O2S.C19H17F8N5O2S.C18H19F5N4OS.C5H9ClO/c1-20(2,3)19(33)32-9-13(10-32)34-16-8-15(28-12-4-6-21(23,24)7-5-12)30-17(31-16)18-29-14(11-35-18)22(25,26)27;20-17(21)3-1-9(2-4-17)28-12-5-13(34-10-6-32(7-10)16(33)19(25,26)27)31-14(30-12)15-29-11(8-35-15)18(22,23)24;19-17(20)6-4-10(5-7-17)24-13-8-14(28-11-2-1-3-11)27-15(26-13)16-25-12(9-29-16)18(21,22)23;1-5(2,3)4(6)7/h8,11-13H,4-7,9-10H2,1-3H3,(H,28,30,31);5,8-10H,1-4,6-7H2,(H,28,30,31);8-11H,1-7H2,(H,24,26,27);1-3H3. The van der Waals surface area contributed by atoms with Gasteiger partial charge in [0.1, 0.15) is 35.8 Å². The van der Waals surface area contributed by atoms with Gasteiger partial charge in [-0.3, -0.25) is 14.4 Å². The highest BCUT2D eigenvalue weighted by Gasteiger charge is 2.48. The van der Waals surface area contributed by atoms with Gasteiger partial charge in [0.15, 0.2) is 49.6 Å². The van der Waals surface area contributed by atoms with E-state index in [0.29, 0.717) is 35.1 Å². The lowest BCUT2D eigenvalue weighted by Crippen LogP contribution is -2.59. The van der Waals surface area contributed by atoms with E-state index in [2.05, 4.69) is 60.8 Å². The van der Waals surface area contributed by atoms with Crippen LogP contribution in [-0.4, -0.2) is 158 Å². The molecule has 2 aliphatic heterocycles. The highest BCUT2D eigenvalue weighted by Crippen LogP contribution is 2.42. The minimum Gasteiger partial charge on any atom is -0.474 e. The lowest BCUT2D eigenvalue weighted by Gasteiger charge is -2.41. The van der Waals surface area contributed by atoms with Crippen molar-refractivity contribution in [3.05, 3.63) is 51.4 Å². The first-order valence-electron chi connectivity index (χ1n) is 33.1. The van der Waals surface area contributed by atoms with Crippen LogP contribution in [0, 0.1) is 10.8 Å². The van der Waals surface area contributed by atoms with E-state index in [1.54, 1.807) is 31.7 Å². The van der Waals surface area contributed by atoms with E-state index in [1.807, 2.05) is 20.8 Å². The summed E-state index contributed by atoms with van der Waals surface area (Å²) in [6, 6.07) is 3.46. The number of carbonyl (C=O) groups excluding carboxylic acids is 3. The number of alkyl halides is 18. The molecular formula is C64H71ClF18N14O6S3. The first-order chi connectivity index (χ1) is 49.0. The second-order valence-electron chi connectivity index (χ2n) is 28.0. The molecule has 20 nitrogen and oxygen atoms in total. The van der Waals surface area contributed by atoms with Crippen molar-refractivity contribution in [2.75, 3.05) is 42.1 Å². The van der Waals surface area contributed by atoms with Crippen molar-refractivity contribution in [2.24, 2.45) is 10.8 Å². The van der Waals surface area contributed by atoms with E-state index < -0.39 is 83.0 Å². The van der Waals surface area contributed by atoms with Gasteiger partial charge in [-0.25, -0.2) is 56.2 Å². The Hall–Kier alpha value is -7.43. The van der Waals surface area contributed by atoms with Gasteiger partial charge in [-0.15, -0.1) is 34.0 Å². The Morgan fingerprint density at radius 3 is 0.925 bits per heavy atom. The Bertz CT molecular complexity index is 3820. The number of carbonyl (C=O) groups is 3. The minimum atomic E-state index is -5.03. The van der Waals surface area contributed by atoms with E-state index in [1.165, 1.54) is 12.1 Å². The van der Waals surface area contributed by atoms with Crippen LogP contribution < -0.4 is 30.2 Å². The summed E-state index contributed by atoms with van der Waals surface area (Å²) in [5.41, 5.74) is -4.11. The number of hydrogen-bond donors (Lipinski definition) is 3. The molecule has 3 N–H and O–H groups in total. The maximum absolute atomic E-state index is 13.5. The molecule has 0 aromatic carbocycles. The molecule has 6 aliphatic rings. The van der Waals surface area contributed by atoms with Crippen molar-refractivity contribution in [2.45, 2.75) is 217 Å². The molecule has 0 spiro atoms. The van der Waals surface area contributed by atoms with Gasteiger partial charge in [0.25, 0.3) is 0 Å². The number of likely N-dealkylation sites (tertiary alicyclic amines) is 2. The summed E-state index contributed by atoms with van der Waals surface area (Å²) < 4.78 is 252. The minimum absolute atomic E-state index is 0.0142. The van der Waals surface area contributed by atoms with Gasteiger partial charge in [-0.1, -0.05) is 41.5 Å². The number of nitrogens with zero attached hydrogens (tertiary/aromatic N) is 11. The van der Waals surface area contributed by atoms with Gasteiger partial charge in [0.2, 0.25) is 46.6 Å². The summed E-state index contributed by atoms with van der Waals surface area (Å²) in [5.74, 6) is -9.59. The molecule has 6 aromatic heterocycles. The van der Waals surface area contributed by atoms with Crippen molar-refractivity contribution in [1.82, 2.24) is 54.7 Å². The molecular weight excluding hydrogens is 1530 g/mol. The molecule has 2 saturated heterocycles. The van der Waals surface area contributed by atoms with Crippen LogP contribution in [0.15, 0.2) is 34.3 Å². The van der Waals surface area contributed by atoms with Gasteiger partial charge in [-0.05, 0) is 69.4 Å². The molecule has 6 aromatic rings. The third kappa shape index (κ3) is 23.5. The number of anilines is 3. The SMILES string of the molecule is CC(C)(C)C(=O)Cl.CC(C)(C)C(=O)N1CC(Oc2cc(NC3CCC(F)(F)CC3)nc(-c3nc(C(F)(F)F)cs3)n2)C1.FC1(F)CCC(Nc2cc(OC3CCC3)nc(-c3nc(C(F)(F)F)cs3)n2)CC1.O=C(N1CC(Oc2cc(NC3CCC(F)(F)CC3)nc(-c3nc(C(F)(F)F)cs3)n2)C1)C(F)(F)F. The Balaban J connectivity index is 0.000000176. The Morgan fingerprint density at radius 2 is 0.698 bits per heavy atom. The average molecular weight is 1610 g/mol. The summed E-state index contributed by atoms with van der Waals surface area (Å²) in [7, 11) is 0. The zero-order chi connectivity index (χ0) is 77.9. The zero-order valence-electron chi connectivity index (χ0n) is 57.1. The van der Waals surface area contributed by atoms with Gasteiger partial charge >= 0.3 is 30.6 Å². The van der Waals surface area contributed by atoms with Crippen LogP contribution in [0.25, 0.3) is 32.5 Å². The smallest absolute Gasteiger partial charge is 0.471 e. The fraction of sp³-hybridized carbons (Fsp3) is 0.625. The fourth-order valence-electron chi connectivity index (χ4n) is 10.7. The number of amides is 2. The Morgan fingerprint density at radius 1 is 0.425 bits per heavy atom. The van der Waals surface area contributed by atoms with Crippen LogP contribution in [0.1, 0.15) is 155 Å². The van der Waals surface area contributed by atoms with Crippen molar-refractivity contribution in [3.8, 4) is 50.1 Å². The molecule has 0 bridgehead atoms. The first kappa shape index (κ1) is 82.6. The summed E-state index contributed by atoms with van der Waals surface area (Å²) in [6.45, 7) is 10.8. The quantitative estimate of drug-likeness (QED) is 0.0640. The molecule has 584 valence electrons. The number of aromatic nitrogens is 9. The third-order valence-electron chi connectivity index (χ3n) is 16.9. The van der Waals surface area contributed by atoms with Crippen LogP contribution in [0.4, 0.5) is 96.5 Å². The molecule has 12 rings (SSSR count). The van der Waals surface area contributed by atoms with E-state index in [-0.39, 0.29) is 193 Å². The molecule has 8 heterocycles.